The highest BCUT2D eigenvalue weighted by Crippen LogP contribution is 2.19. The Morgan fingerprint density at radius 1 is 1.42 bits per heavy atom. The molecule has 0 heterocycles. The Morgan fingerprint density at radius 3 is 2.74 bits per heavy atom. The Bertz CT molecular complexity index is 525. The molecule has 2 unspecified atom stereocenters. The van der Waals surface area contributed by atoms with Crippen molar-refractivity contribution >= 4 is 11.6 Å². The summed E-state index contributed by atoms with van der Waals surface area (Å²) in [6, 6.07) is 10.7. The van der Waals surface area contributed by atoms with Crippen LogP contribution in [0.2, 0.25) is 0 Å². The average molecular weight is 255 g/mol. The summed E-state index contributed by atoms with van der Waals surface area (Å²) in [7, 11) is 0. The van der Waals surface area contributed by atoms with E-state index in [1.54, 1.807) is 24.3 Å². The minimum atomic E-state index is -0.661. The van der Waals surface area contributed by atoms with Gasteiger partial charge in [0.15, 0.2) is 0 Å². The lowest BCUT2D eigenvalue weighted by Crippen LogP contribution is -2.27. The average Bonchev–Trinajstić information content (AvgIpc) is 2.40. The zero-order chi connectivity index (χ0) is 14.3. The minimum absolute atomic E-state index is 0.0224. The maximum Gasteiger partial charge on any atom is 0.242 e. The summed E-state index contributed by atoms with van der Waals surface area (Å²) in [5.74, 6) is -0.946. The van der Waals surface area contributed by atoms with Gasteiger partial charge in [-0.1, -0.05) is 26.3 Å². The molecule has 0 aromatic heterocycles. The fourth-order valence-electron chi connectivity index (χ4n) is 1.95. The fraction of sp³-hybridized carbons (Fsp3) is 0.400. The Balaban J connectivity index is 2.78. The van der Waals surface area contributed by atoms with Crippen molar-refractivity contribution in [1.82, 2.24) is 0 Å². The number of nitrogens with one attached hydrogen (secondary N) is 1. The molecule has 0 aliphatic rings. The topological polar surface area (TPSA) is 76.7 Å². The van der Waals surface area contributed by atoms with E-state index < -0.39 is 5.92 Å². The van der Waals surface area contributed by atoms with E-state index in [-0.39, 0.29) is 11.8 Å². The molecule has 0 bridgehead atoms. The molecule has 0 spiro atoms. The van der Waals surface area contributed by atoms with Crippen molar-refractivity contribution < 1.29 is 4.79 Å². The van der Waals surface area contributed by atoms with Crippen molar-refractivity contribution in [2.45, 2.75) is 26.7 Å². The molecular weight excluding hydrogens is 238 g/mol. The number of rotatable bonds is 5. The molecule has 4 heteroatoms. The van der Waals surface area contributed by atoms with Gasteiger partial charge in [-0.15, -0.1) is 0 Å². The van der Waals surface area contributed by atoms with Crippen molar-refractivity contribution in [3.05, 3.63) is 29.8 Å². The third-order valence-corrected chi connectivity index (χ3v) is 2.99. The molecule has 2 atom stereocenters. The number of carbonyl (C=O) groups excluding carboxylic acids is 1. The smallest absolute Gasteiger partial charge is 0.242 e. The minimum Gasteiger partial charge on any atom is -0.325 e. The molecule has 19 heavy (non-hydrogen) atoms. The quantitative estimate of drug-likeness (QED) is 0.878. The summed E-state index contributed by atoms with van der Waals surface area (Å²) >= 11 is 0. The Morgan fingerprint density at radius 2 is 2.16 bits per heavy atom. The molecule has 0 fully saturated rings. The fourth-order valence-corrected chi connectivity index (χ4v) is 1.95. The molecule has 4 nitrogen and oxygen atoms in total. The van der Waals surface area contributed by atoms with Gasteiger partial charge in [-0.25, -0.2) is 0 Å². The zero-order valence-corrected chi connectivity index (χ0v) is 11.2. The maximum absolute atomic E-state index is 12.0. The van der Waals surface area contributed by atoms with E-state index in [4.69, 9.17) is 10.5 Å². The summed E-state index contributed by atoms with van der Waals surface area (Å²) in [4.78, 5) is 12.0. The van der Waals surface area contributed by atoms with Crippen LogP contribution in [0.3, 0.4) is 0 Å². The number of nitrogens with zero attached hydrogens (tertiary/aromatic N) is 2. The molecule has 1 aromatic carbocycles. The SMILES string of the molecule is CCCC(C)C(C#N)C(=O)Nc1cccc(C#N)c1. The molecule has 98 valence electrons. The first-order chi connectivity index (χ1) is 9.12. The maximum atomic E-state index is 12.0. The molecule has 0 aliphatic carbocycles. The largest absolute Gasteiger partial charge is 0.325 e. The van der Waals surface area contributed by atoms with Crippen LogP contribution >= 0.6 is 0 Å². The van der Waals surface area contributed by atoms with E-state index in [1.807, 2.05) is 19.9 Å². The molecule has 1 aromatic rings. The number of amides is 1. The van der Waals surface area contributed by atoms with Crippen molar-refractivity contribution in [2.24, 2.45) is 11.8 Å². The monoisotopic (exact) mass is 255 g/mol. The van der Waals surface area contributed by atoms with Crippen LogP contribution in [0.15, 0.2) is 24.3 Å². The number of anilines is 1. The van der Waals surface area contributed by atoms with E-state index >= 15 is 0 Å². The normalized spacial score (nSPS) is 12.8. The third-order valence-electron chi connectivity index (χ3n) is 2.99. The van der Waals surface area contributed by atoms with E-state index in [0.29, 0.717) is 11.3 Å². The van der Waals surface area contributed by atoms with Crippen LogP contribution in [0.1, 0.15) is 32.3 Å². The predicted molar refractivity (Wildman–Crippen MR) is 73.0 cm³/mol. The first-order valence-corrected chi connectivity index (χ1v) is 6.33. The lowest BCUT2D eigenvalue weighted by Gasteiger charge is -2.16. The Hall–Kier alpha value is -2.33. The van der Waals surface area contributed by atoms with Crippen molar-refractivity contribution in [1.29, 1.82) is 10.5 Å². The highest BCUT2D eigenvalue weighted by Gasteiger charge is 2.24. The highest BCUT2D eigenvalue weighted by molar-refractivity contribution is 5.94. The summed E-state index contributed by atoms with van der Waals surface area (Å²) < 4.78 is 0. The van der Waals surface area contributed by atoms with Gasteiger partial charge in [-0.3, -0.25) is 4.79 Å². The third kappa shape index (κ3) is 4.12. The molecule has 0 saturated heterocycles. The molecule has 1 amide bonds. The molecule has 1 rings (SSSR count). The van der Waals surface area contributed by atoms with E-state index in [1.165, 1.54) is 0 Å². The molecule has 1 N–H and O–H groups in total. The second-order valence-electron chi connectivity index (χ2n) is 4.55. The van der Waals surface area contributed by atoms with Gasteiger partial charge in [0.05, 0.1) is 17.7 Å². The predicted octanol–water partition coefficient (Wildman–Crippen LogP) is 3.07. The van der Waals surface area contributed by atoms with E-state index in [2.05, 4.69) is 11.4 Å². The number of hydrogen-bond donors (Lipinski definition) is 1. The second kappa shape index (κ2) is 7.18. The van der Waals surface area contributed by atoms with Gasteiger partial charge in [0, 0.05) is 5.69 Å². The van der Waals surface area contributed by atoms with Crippen LogP contribution in [-0.4, -0.2) is 5.91 Å². The van der Waals surface area contributed by atoms with E-state index in [0.717, 1.165) is 12.8 Å². The Labute approximate surface area is 113 Å². The van der Waals surface area contributed by atoms with Gasteiger partial charge in [0.25, 0.3) is 0 Å². The summed E-state index contributed by atoms with van der Waals surface area (Å²) in [6.45, 7) is 3.93. The van der Waals surface area contributed by atoms with Crippen LogP contribution < -0.4 is 5.32 Å². The second-order valence-corrected chi connectivity index (χ2v) is 4.55. The lowest BCUT2D eigenvalue weighted by atomic mass is 9.90. The molecule has 0 aliphatic heterocycles. The summed E-state index contributed by atoms with van der Waals surface area (Å²) in [6.07, 6.45) is 1.78. The van der Waals surface area contributed by atoms with E-state index in [9.17, 15) is 4.79 Å². The molecule has 0 saturated carbocycles. The molecular formula is C15H17N3O. The van der Waals surface area contributed by atoms with Gasteiger partial charge in [-0.2, -0.15) is 10.5 Å². The number of carbonyl (C=O) groups is 1. The van der Waals surface area contributed by atoms with Gasteiger partial charge in [0.1, 0.15) is 5.92 Å². The Kier molecular flexibility index (Phi) is 5.57. The van der Waals surface area contributed by atoms with Crippen molar-refractivity contribution in [3.63, 3.8) is 0 Å². The van der Waals surface area contributed by atoms with Crippen molar-refractivity contribution in [2.75, 3.05) is 5.32 Å². The zero-order valence-electron chi connectivity index (χ0n) is 11.2. The lowest BCUT2D eigenvalue weighted by molar-refractivity contribution is -0.119. The summed E-state index contributed by atoms with van der Waals surface area (Å²) in [5.41, 5.74) is 1.03. The standard InChI is InChI=1S/C15H17N3O/c1-3-5-11(2)14(10-17)15(19)18-13-7-4-6-12(8-13)9-16/h4,6-8,11,14H,3,5H2,1-2H3,(H,18,19). The van der Waals surface area contributed by atoms with Crippen LogP contribution in [0.25, 0.3) is 0 Å². The number of hydrogen-bond acceptors (Lipinski definition) is 3. The van der Waals surface area contributed by atoms with Gasteiger partial charge >= 0.3 is 0 Å². The van der Waals surface area contributed by atoms with Gasteiger partial charge in [0.2, 0.25) is 5.91 Å². The first kappa shape index (κ1) is 14.7. The van der Waals surface area contributed by atoms with Gasteiger partial charge < -0.3 is 5.32 Å². The number of benzene rings is 1. The summed E-state index contributed by atoms with van der Waals surface area (Å²) in [5, 5.41) is 20.6. The van der Waals surface area contributed by atoms with Crippen LogP contribution in [-0.2, 0) is 4.79 Å². The highest BCUT2D eigenvalue weighted by atomic mass is 16.1. The van der Waals surface area contributed by atoms with Gasteiger partial charge in [-0.05, 0) is 30.5 Å². The van der Waals surface area contributed by atoms with Crippen LogP contribution in [0.5, 0.6) is 0 Å². The van der Waals surface area contributed by atoms with Crippen LogP contribution in [0, 0.1) is 34.5 Å². The number of nitriles is 2. The van der Waals surface area contributed by atoms with Crippen molar-refractivity contribution in [3.8, 4) is 12.1 Å². The van der Waals surface area contributed by atoms with Crippen LogP contribution in [0.4, 0.5) is 5.69 Å². The molecule has 0 radical (unpaired) electrons. The first-order valence-electron chi connectivity index (χ1n) is 6.33.